The summed E-state index contributed by atoms with van der Waals surface area (Å²) in [5.74, 6) is 0.483. The summed E-state index contributed by atoms with van der Waals surface area (Å²) < 4.78 is 33.9. The molecule has 1 N–H and O–H groups in total. The molecule has 1 aromatic heterocycles. The molecule has 1 atom stereocenters. The maximum atomic E-state index is 15.5. The fraction of sp³-hybridized carbons (Fsp3) is 0.569. The number of aromatic nitrogens is 3. The van der Waals surface area contributed by atoms with Gasteiger partial charge >= 0.3 is 11.9 Å². The molecule has 3 aromatic carbocycles. The number of benzene rings is 3. The molecule has 0 radical (unpaired) electrons. The molecule has 1 heterocycles. The van der Waals surface area contributed by atoms with Crippen molar-refractivity contribution in [1.82, 2.24) is 15.0 Å². The molecule has 0 aliphatic heterocycles. The number of carbonyl (C=O) groups is 2. The molecular formula is C51H70FN3O6. The molecule has 0 bridgehead atoms. The number of nitrogens with zero attached hydrogens (tertiary/aromatic N) is 3. The van der Waals surface area contributed by atoms with Gasteiger partial charge in [-0.3, -0.25) is 14.3 Å². The predicted octanol–water partition coefficient (Wildman–Crippen LogP) is 12.6. The average Bonchev–Trinajstić information content (AvgIpc) is 4.01. The van der Waals surface area contributed by atoms with Gasteiger partial charge in [-0.1, -0.05) is 133 Å². The van der Waals surface area contributed by atoms with Crippen molar-refractivity contribution in [2.75, 3.05) is 14.2 Å². The third kappa shape index (κ3) is 15.9. The zero-order valence-electron chi connectivity index (χ0n) is 37.3. The average molecular weight is 840 g/mol. The molecule has 0 spiro atoms. The number of rotatable bonds is 30. The minimum atomic E-state index is -0.780. The summed E-state index contributed by atoms with van der Waals surface area (Å²) in [5.41, 5.74) is 4.69. The van der Waals surface area contributed by atoms with E-state index in [0.29, 0.717) is 42.6 Å². The number of esters is 1. The number of carbonyl (C=O) groups excluding carboxylic acids is 1. The summed E-state index contributed by atoms with van der Waals surface area (Å²) in [5, 5.41) is 18.6. The lowest BCUT2D eigenvalue weighted by Gasteiger charge is -2.29. The molecule has 10 heteroatoms. The van der Waals surface area contributed by atoms with Crippen molar-refractivity contribution in [3.05, 3.63) is 95.1 Å². The highest BCUT2D eigenvalue weighted by atomic mass is 19.1. The number of carboxylic acid groups (broad SMARTS) is 1. The smallest absolute Gasteiger partial charge is 0.305 e. The van der Waals surface area contributed by atoms with Crippen molar-refractivity contribution in [2.24, 2.45) is 5.92 Å². The number of unbranched alkanes of at least 4 members (excludes halogenated alkanes) is 14. The fourth-order valence-corrected chi connectivity index (χ4v) is 8.55. The number of halogens is 1. The number of ether oxygens (including phenoxy) is 3. The zero-order valence-corrected chi connectivity index (χ0v) is 37.3. The molecule has 1 unspecified atom stereocenters. The van der Waals surface area contributed by atoms with Gasteiger partial charge in [-0.2, -0.15) is 0 Å². The molecular weight excluding hydrogens is 770 g/mol. The molecule has 0 amide bonds. The Morgan fingerprint density at radius 2 is 1.46 bits per heavy atom. The standard InChI is InChI=1S/C51H70FN3O6/c1-51(2,37-55-35-41(53-54-55)22-18-16-14-12-10-8-6-5-7-9-11-13-15-17-19-24-50(58)60-4)47-31-38(25-29-44(47)46-33-42(59-3)28-30-48(46)52)36-61-43-23-20-21-40(32-43)45(34-49(56)57)39-26-27-39/h20-21,23,25,28-33,35,39,45H,5-19,22,24,26-27,34,36-37H2,1-4H3,(H,56,57). The lowest BCUT2D eigenvalue weighted by Crippen LogP contribution is -2.26. The molecule has 4 aromatic rings. The largest absolute Gasteiger partial charge is 0.497 e. The molecule has 5 rings (SSSR count). The molecule has 0 saturated heterocycles. The quantitative estimate of drug-likeness (QED) is 0.0408. The summed E-state index contributed by atoms with van der Waals surface area (Å²) in [6.45, 7) is 5.16. The van der Waals surface area contributed by atoms with Gasteiger partial charge < -0.3 is 19.3 Å². The second-order valence-electron chi connectivity index (χ2n) is 17.8. The van der Waals surface area contributed by atoms with E-state index in [1.165, 1.54) is 90.2 Å². The minimum absolute atomic E-state index is 0.0105. The summed E-state index contributed by atoms with van der Waals surface area (Å²) in [7, 11) is 3.04. The fourth-order valence-electron chi connectivity index (χ4n) is 8.55. The number of hydrogen-bond donors (Lipinski definition) is 1. The van der Waals surface area contributed by atoms with Crippen LogP contribution in [0.5, 0.6) is 11.5 Å². The highest BCUT2D eigenvalue weighted by molar-refractivity contribution is 5.71. The van der Waals surface area contributed by atoms with Crippen LogP contribution in [0.4, 0.5) is 4.39 Å². The lowest BCUT2D eigenvalue weighted by molar-refractivity contribution is -0.141. The van der Waals surface area contributed by atoms with E-state index in [0.717, 1.165) is 66.5 Å². The number of carboxylic acids is 1. The highest BCUT2D eigenvalue weighted by Crippen LogP contribution is 2.45. The molecule has 332 valence electrons. The van der Waals surface area contributed by atoms with E-state index in [9.17, 15) is 14.7 Å². The Morgan fingerprint density at radius 1 is 0.803 bits per heavy atom. The SMILES string of the molecule is COC(=O)CCCCCCCCCCCCCCCCCc1cn(CC(C)(C)c2cc(COc3cccc(C(CC(=O)O)C4CC4)c3)ccc2-c2cc(OC)ccc2F)nn1. The van der Waals surface area contributed by atoms with E-state index < -0.39 is 11.4 Å². The maximum Gasteiger partial charge on any atom is 0.305 e. The zero-order chi connectivity index (χ0) is 43.5. The van der Waals surface area contributed by atoms with Gasteiger partial charge in [0.1, 0.15) is 23.9 Å². The van der Waals surface area contributed by atoms with Crippen molar-refractivity contribution in [2.45, 2.75) is 167 Å². The van der Waals surface area contributed by atoms with Gasteiger partial charge in [0.05, 0.1) is 32.9 Å². The van der Waals surface area contributed by atoms with Crippen molar-refractivity contribution in [1.29, 1.82) is 0 Å². The highest BCUT2D eigenvalue weighted by Gasteiger charge is 2.34. The second-order valence-corrected chi connectivity index (χ2v) is 17.8. The first-order valence-electron chi connectivity index (χ1n) is 22.9. The van der Waals surface area contributed by atoms with Gasteiger partial charge in [0, 0.05) is 23.6 Å². The van der Waals surface area contributed by atoms with Gasteiger partial charge in [-0.25, -0.2) is 4.39 Å². The molecule has 1 aliphatic rings. The van der Waals surface area contributed by atoms with Crippen LogP contribution in [0.15, 0.2) is 66.9 Å². The normalized spacial score (nSPS) is 13.3. The first kappa shape index (κ1) is 47.3. The van der Waals surface area contributed by atoms with Crippen LogP contribution in [0, 0.1) is 11.7 Å². The van der Waals surface area contributed by atoms with Gasteiger partial charge in [-0.15, -0.1) is 5.10 Å². The Morgan fingerprint density at radius 3 is 2.08 bits per heavy atom. The number of hydrogen-bond acceptors (Lipinski definition) is 7. The van der Waals surface area contributed by atoms with E-state index in [2.05, 4.69) is 36.4 Å². The van der Waals surface area contributed by atoms with E-state index in [1.54, 1.807) is 19.2 Å². The summed E-state index contributed by atoms with van der Waals surface area (Å²) in [6, 6.07) is 18.7. The first-order chi connectivity index (χ1) is 29.6. The summed E-state index contributed by atoms with van der Waals surface area (Å²) in [4.78, 5) is 22.8. The van der Waals surface area contributed by atoms with Crippen LogP contribution in [0.2, 0.25) is 0 Å². The van der Waals surface area contributed by atoms with Crippen molar-refractivity contribution in [3.63, 3.8) is 0 Å². The number of aliphatic carboxylic acids is 1. The summed E-state index contributed by atoms with van der Waals surface area (Å²) >= 11 is 0. The van der Waals surface area contributed by atoms with Gasteiger partial charge in [0.15, 0.2) is 0 Å². The van der Waals surface area contributed by atoms with Crippen LogP contribution in [-0.4, -0.2) is 46.3 Å². The van der Waals surface area contributed by atoms with E-state index >= 15 is 4.39 Å². The van der Waals surface area contributed by atoms with Crippen LogP contribution in [-0.2, 0) is 39.3 Å². The monoisotopic (exact) mass is 840 g/mol. The Labute approximate surface area is 363 Å². The Hall–Kier alpha value is -4.73. The maximum absolute atomic E-state index is 15.5. The van der Waals surface area contributed by atoms with Gasteiger partial charge in [-0.05, 0) is 96.5 Å². The van der Waals surface area contributed by atoms with Crippen LogP contribution >= 0.6 is 0 Å². The van der Waals surface area contributed by atoms with Crippen LogP contribution in [0.3, 0.4) is 0 Å². The Kier molecular flexibility index (Phi) is 19.1. The van der Waals surface area contributed by atoms with Crippen LogP contribution in [0.1, 0.15) is 164 Å². The van der Waals surface area contributed by atoms with Gasteiger partial charge in [0.25, 0.3) is 0 Å². The van der Waals surface area contributed by atoms with Crippen molar-refractivity contribution < 1.29 is 33.3 Å². The molecule has 1 saturated carbocycles. The van der Waals surface area contributed by atoms with Crippen LogP contribution < -0.4 is 9.47 Å². The van der Waals surface area contributed by atoms with E-state index in [4.69, 9.17) is 14.2 Å². The van der Waals surface area contributed by atoms with E-state index in [-0.39, 0.29) is 24.1 Å². The Balaban J connectivity index is 1.09. The topological polar surface area (TPSA) is 113 Å². The number of aryl methyl sites for hydroxylation is 1. The van der Waals surface area contributed by atoms with Crippen molar-refractivity contribution in [3.8, 4) is 22.6 Å². The van der Waals surface area contributed by atoms with Crippen LogP contribution in [0.25, 0.3) is 11.1 Å². The van der Waals surface area contributed by atoms with Gasteiger partial charge in [0.2, 0.25) is 0 Å². The molecule has 1 fully saturated rings. The Bertz CT molecular complexity index is 1960. The molecule has 9 nitrogen and oxygen atoms in total. The summed E-state index contributed by atoms with van der Waals surface area (Å²) in [6.07, 6.45) is 24.4. The second kappa shape index (κ2) is 24.6. The third-order valence-corrected chi connectivity index (χ3v) is 12.2. The van der Waals surface area contributed by atoms with Crippen molar-refractivity contribution >= 4 is 11.9 Å². The minimum Gasteiger partial charge on any atom is -0.497 e. The molecule has 1 aliphatic carbocycles. The molecule has 61 heavy (non-hydrogen) atoms. The first-order valence-corrected chi connectivity index (χ1v) is 22.9. The third-order valence-electron chi connectivity index (χ3n) is 12.2. The lowest BCUT2D eigenvalue weighted by atomic mass is 9.79. The van der Waals surface area contributed by atoms with E-state index in [1.807, 2.05) is 41.1 Å². The predicted molar refractivity (Wildman–Crippen MR) is 240 cm³/mol. The number of methoxy groups -OCH3 is 2.